The molecule has 21 heavy (non-hydrogen) atoms. The fourth-order valence-electron chi connectivity index (χ4n) is 2.64. The number of hydrogen-bond donors (Lipinski definition) is 1. The first-order valence-electron chi connectivity index (χ1n) is 7.28. The smallest absolute Gasteiger partial charge is 0.315 e. The van der Waals surface area contributed by atoms with Gasteiger partial charge in [0.2, 0.25) is 0 Å². The number of carbonyl (C=O) groups is 1. The van der Waals surface area contributed by atoms with Gasteiger partial charge >= 0.3 is 6.09 Å². The Labute approximate surface area is 123 Å². The summed E-state index contributed by atoms with van der Waals surface area (Å²) in [6.45, 7) is 5.73. The van der Waals surface area contributed by atoms with E-state index in [4.69, 9.17) is 4.84 Å². The van der Waals surface area contributed by atoms with Crippen LogP contribution in [-0.4, -0.2) is 26.3 Å². The van der Waals surface area contributed by atoms with Crippen molar-refractivity contribution >= 4 is 17.1 Å². The number of rotatable bonds is 1. The average molecular weight is 288 g/mol. The molecule has 0 radical (unpaired) electrons. The van der Waals surface area contributed by atoms with Crippen LogP contribution in [0.15, 0.2) is 12.5 Å². The lowest BCUT2D eigenvalue weighted by molar-refractivity contribution is 0.129. The summed E-state index contributed by atoms with van der Waals surface area (Å²) >= 11 is 0. The van der Waals surface area contributed by atoms with Crippen molar-refractivity contribution in [1.29, 1.82) is 0 Å². The van der Waals surface area contributed by atoms with Gasteiger partial charge in [-0.15, -0.1) is 0 Å². The van der Waals surface area contributed by atoms with Gasteiger partial charge in [0, 0.05) is 16.8 Å². The predicted octanol–water partition coefficient (Wildman–Crippen LogP) is 2.25. The van der Waals surface area contributed by atoms with Gasteiger partial charge in [-0.05, 0) is 46.5 Å². The highest BCUT2D eigenvalue weighted by Crippen LogP contribution is 2.26. The van der Waals surface area contributed by atoms with Gasteiger partial charge in [-0.1, -0.05) is 0 Å². The molecule has 0 aliphatic heterocycles. The molecule has 6 heteroatoms. The number of carbonyl (C=O) groups excluding carboxylic acids is 1. The largest absolute Gasteiger partial charge is 0.432 e. The van der Waals surface area contributed by atoms with E-state index in [0.29, 0.717) is 0 Å². The molecule has 0 fully saturated rings. The molecule has 0 saturated heterocycles. The average Bonchev–Trinajstić information content (AvgIpc) is 2.80. The lowest BCUT2D eigenvalue weighted by Crippen LogP contribution is -2.44. The molecular weight excluding hydrogens is 268 g/mol. The molecule has 2 aromatic heterocycles. The lowest BCUT2D eigenvalue weighted by atomic mass is 9.95. The first-order chi connectivity index (χ1) is 9.94. The van der Waals surface area contributed by atoms with Crippen LogP contribution >= 0.6 is 0 Å². The Morgan fingerprint density at radius 1 is 1.29 bits per heavy atom. The van der Waals surface area contributed by atoms with Crippen LogP contribution in [-0.2, 0) is 12.8 Å². The minimum atomic E-state index is -0.483. The molecule has 0 saturated carbocycles. The number of nitrogens with zero attached hydrogens (tertiary/aromatic N) is 3. The third kappa shape index (κ3) is 2.84. The topological polar surface area (TPSA) is 69.0 Å². The Bertz CT molecular complexity index is 685. The van der Waals surface area contributed by atoms with Crippen molar-refractivity contribution in [2.24, 2.45) is 0 Å². The Kier molecular flexibility index (Phi) is 3.31. The number of fused-ring (bicyclic) bond motifs is 3. The zero-order chi connectivity index (χ0) is 15.0. The molecule has 0 aromatic carbocycles. The molecule has 2 aromatic rings. The van der Waals surface area contributed by atoms with E-state index in [2.05, 4.69) is 15.3 Å². The molecule has 0 unspecified atom stereocenters. The first-order valence-corrected chi connectivity index (χ1v) is 7.28. The van der Waals surface area contributed by atoms with Crippen LogP contribution in [0, 0.1) is 0 Å². The number of imidazole rings is 1. The highest BCUT2D eigenvalue weighted by Gasteiger charge is 2.20. The molecule has 2 heterocycles. The maximum Gasteiger partial charge on any atom is 0.432 e. The van der Waals surface area contributed by atoms with E-state index in [1.165, 1.54) is 11.1 Å². The summed E-state index contributed by atoms with van der Waals surface area (Å²) in [4.78, 5) is 26.1. The predicted molar refractivity (Wildman–Crippen MR) is 79.0 cm³/mol. The van der Waals surface area contributed by atoms with Crippen LogP contribution in [0.3, 0.4) is 0 Å². The summed E-state index contributed by atoms with van der Waals surface area (Å²) < 4.78 is 1.46. The van der Waals surface area contributed by atoms with Crippen molar-refractivity contribution < 1.29 is 9.63 Å². The Hall–Kier alpha value is -2.11. The van der Waals surface area contributed by atoms with E-state index >= 15 is 0 Å². The van der Waals surface area contributed by atoms with Gasteiger partial charge in [0.25, 0.3) is 0 Å². The van der Waals surface area contributed by atoms with Crippen LogP contribution < -0.4 is 10.2 Å². The normalized spacial score (nSPS) is 14.8. The SMILES string of the molecule is CC(C)(C)NC(=O)On1cnc2cnc3c(c21)CCCC3. The lowest BCUT2D eigenvalue weighted by Gasteiger charge is -2.20. The first kappa shape index (κ1) is 13.9. The van der Waals surface area contributed by atoms with E-state index in [1.54, 1.807) is 6.20 Å². The third-order valence-electron chi connectivity index (χ3n) is 3.49. The summed E-state index contributed by atoms with van der Waals surface area (Å²) in [6.07, 6.45) is 7.02. The zero-order valence-electron chi connectivity index (χ0n) is 12.6. The van der Waals surface area contributed by atoms with Crippen molar-refractivity contribution in [2.75, 3.05) is 0 Å². The van der Waals surface area contributed by atoms with E-state index in [0.717, 1.165) is 48.0 Å². The van der Waals surface area contributed by atoms with Gasteiger partial charge in [-0.25, -0.2) is 9.78 Å². The standard InChI is InChI=1S/C15H20N4O2/c1-15(2,3)18-14(20)21-19-9-17-12-8-16-11-7-5-4-6-10(11)13(12)19/h8-9H,4-7H2,1-3H3,(H,18,20). The van der Waals surface area contributed by atoms with Crippen LogP contribution in [0.5, 0.6) is 0 Å². The van der Waals surface area contributed by atoms with Gasteiger partial charge in [0.1, 0.15) is 17.4 Å². The number of aromatic nitrogens is 3. The third-order valence-corrected chi connectivity index (χ3v) is 3.49. The highest BCUT2D eigenvalue weighted by atomic mass is 16.7. The van der Waals surface area contributed by atoms with Crippen molar-refractivity contribution in [3.8, 4) is 0 Å². The van der Waals surface area contributed by atoms with Crippen LogP contribution in [0.4, 0.5) is 4.79 Å². The quantitative estimate of drug-likeness (QED) is 0.873. The van der Waals surface area contributed by atoms with E-state index in [-0.39, 0.29) is 5.54 Å². The molecule has 1 N–H and O–H groups in total. The van der Waals surface area contributed by atoms with E-state index in [1.807, 2.05) is 20.8 Å². The Morgan fingerprint density at radius 2 is 2.05 bits per heavy atom. The zero-order valence-corrected chi connectivity index (χ0v) is 12.6. The summed E-state index contributed by atoms with van der Waals surface area (Å²) in [5, 5.41) is 2.78. The summed E-state index contributed by atoms with van der Waals surface area (Å²) in [5.74, 6) is 0. The minimum Gasteiger partial charge on any atom is -0.315 e. The van der Waals surface area contributed by atoms with Crippen LogP contribution in [0.25, 0.3) is 11.0 Å². The van der Waals surface area contributed by atoms with Gasteiger partial charge in [-0.3, -0.25) is 4.98 Å². The van der Waals surface area contributed by atoms with Gasteiger partial charge < -0.3 is 10.2 Å². The van der Waals surface area contributed by atoms with E-state index in [9.17, 15) is 4.79 Å². The monoisotopic (exact) mass is 288 g/mol. The van der Waals surface area contributed by atoms with Gasteiger partial charge in [0.05, 0.1) is 6.20 Å². The molecule has 6 nitrogen and oxygen atoms in total. The molecule has 1 aliphatic carbocycles. The molecule has 112 valence electrons. The molecular formula is C15H20N4O2. The van der Waals surface area contributed by atoms with E-state index < -0.39 is 6.09 Å². The number of amides is 1. The number of hydrogen-bond acceptors (Lipinski definition) is 4. The minimum absolute atomic E-state index is 0.339. The number of nitrogens with one attached hydrogen (secondary N) is 1. The number of aryl methyl sites for hydroxylation is 2. The molecule has 0 atom stereocenters. The number of pyridine rings is 1. The summed E-state index contributed by atoms with van der Waals surface area (Å²) in [5.41, 5.74) is 3.53. The van der Waals surface area contributed by atoms with Crippen molar-refractivity contribution in [1.82, 2.24) is 20.0 Å². The fourth-order valence-corrected chi connectivity index (χ4v) is 2.64. The fraction of sp³-hybridized carbons (Fsp3) is 0.533. The molecule has 3 rings (SSSR count). The second-order valence-corrected chi connectivity index (χ2v) is 6.45. The summed E-state index contributed by atoms with van der Waals surface area (Å²) in [7, 11) is 0. The molecule has 1 aliphatic rings. The van der Waals surface area contributed by atoms with Crippen LogP contribution in [0.2, 0.25) is 0 Å². The molecule has 0 spiro atoms. The van der Waals surface area contributed by atoms with Gasteiger partial charge in [0.15, 0.2) is 0 Å². The van der Waals surface area contributed by atoms with Crippen LogP contribution in [0.1, 0.15) is 44.9 Å². The van der Waals surface area contributed by atoms with Crippen molar-refractivity contribution in [2.45, 2.75) is 52.0 Å². The highest BCUT2D eigenvalue weighted by molar-refractivity contribution is 5.80. The van der Waals surface area contributed by atoms with Crippen molar-refractivity contribution in [3.05, 3.63) is 23.8 Å². The second kappa shape index (κ2) is 5.02. The second-order valence-electron chi connectivity index (χ2n) is 6.45. The van der Waals surface area contributed by atoms with Gasteiger partial charge in [-0.2, -0.15) is 4.73 Å². The van der Waals surface area contributed by atoms with Crippen molar-refractivity contribution in [3.63, 3.8) is 0 Å². The maximum absolute atomic E-state index is 11.9. The Balaban J connectivity index is 1.94. The molecule has 0 bridgehead atoms. The molecule has 1 amide bonds. The summed E-state index contributed by atoms with van der Waals surface area (Å²) in [6, 6.07) is 0. The maximum atomic E-state index is 11.9. The Morgan fingerprint density at radius 3 is 2.81 bits per heavy atom.